The van der Waals surface area contributed by atoms with Crippen molar-refractivity contribution < 1.29 is 4.79 Å². The predicted molar refractivity (Wildman–Crippen MR) is 115 cm³/mol. The van der Waals surface area contributed by atoms with Gasteiger partial charge in [-0.3, -0.25) is 9.79 Å². The highest BCUT2D eigenvalue weighted by atomic mass is 16.1. The van der Waals surface area contributed by atoms with Crippen LogP contribution in [0, 0.1) is 0 Å². The summed E-state index contributed by atoms with van der Waals surface area (Å²) in [7, 11) is 0. The number of anilines is 2. The molecule has 0 aromatic heterocycles. The molecule has 0 amide bonds. The van der Waals surface area contributed by atoms with Crippen molar-refractivity contribution in [1.82, 2.24) is 5.32 Å². The summed E-state index contributed by atoms with van der Waals surface area (Å²) in [6, 6.07) is 19.1. The van der Waals surface area contributed by atoms with Crippen LogP contribution in [0.15, 0.2) is 59.6 Å². The Kier molecular flexibility index (Phi) is 5.44. The van der Waals surface area contributed by atoms with Crippen molar-refractivity contribution in [2.24, 2.45) is 4.99 Å². The van der Waals surface area contributed by atoms with Crippen LogP contribution in [0.25, 0.3) is 0 Å². The largest absolute Gasteiger partial charge is 0.371 e. The molecule has 3 N–H and O–H groups in total. The highest BCUT2D eigenvalue weighted by Crippen LogP contribution is 2.39. The third-order valence-electron chi connectivity index (χ3n) is 5.75. The molecule has 5 nitrogen and oxygen atoms in total. The zero-order chi connectivity index (χ0) is 19.4. The topological polar surface area (TPSA) is 65.5 Å². The van der Waals surface area contributed by atoms with Gasteiger partial charge in [-0.15, -0.1) is 0 Å². The first-order valence-corrected chi connectivity index (χ1v) is 10.1. The van der Waals surface area contributed by atoms with Gasteiger partial charge in [0.25, 0.3) is 0 Å². The van der Waals surface area contributed by atoms with E-state index in [1.807, 2.05) is 12.1 Å². The molecule has 1 aliphatic heterocycles. The van der Waals surface area contributed by atoms with Crippen LogP contribution < -0.4 is 16.0 Å². The molecule has 1 heterocycles. The van der Waals surface area contributed by atoms with Crippen LogP contribution in [0.2, 0.25) is 0 Å². The number of para-hydroxylation sites is 2. The minimum absolute atomic E-state index is 0.169. The van der Waals surface area contributed by atoms with Gasteiger partial charge < -0.3 is 16.0 Å². The van der Waals surface area contributed by atoms with Crippen molar-refractivity contribution in [2.45, 2.75) is 50.7 Å². The fraction of sp³-hybridized carbons (Fsp3) is 0.391. The fourth-order valence-corrected chi connectivity index (χ4v) is 4.17. The third kappa shape index (κ3) is 4.09. The molecule has 1 spiro atoms. The molecule has 2 aromatic rings. The van der Waals surface area contributed by atoms with Crippen LogP contribution in [0.1, 0.15) is 38.2 Å². The minimum Gasteiger partial charge on any atom is -0.371 e. The average Bonchev–Trinajstić information content (AvgIpc) is 2.72. The molecule has 0 unspecified atom stereocenters. The quantitative estimate of drug-likeness (QED) is 0.738. The number of hydrogen-bond donors (Lipinski definition) is 3. The lowest BCUT2D eigenvalue weighted by atomic mass is 9.77. The van der Waals surface area contributed by atoms with Crippen molar-refractivity contribution in [3.8, 4) is 0 Å². The number of rotatable bonds is 5. The second-order valence-corrected chi connectivity index (χ2v) is 7.89. The van der Waals surface area contributed by atoms with Crippen molar-refractivity contribution >= 4 is 23.0 Å². The summed E-state index contributed by atoms with van der Waals surface area (Å²) in [5, 5.41) is 10.8. The van der Waals surface area contributed by atoms with E-state index in [1.165, 1.54) is 5.56 Å². The molecule has 28 heavy (non-hydrogen) atoms. The Morgan fingerprint density at radius 1 is 1.07 bits per heavy atom. The zero-order valence-electron chi connectivity index (χ0n) is 16.4. The number of Topliss-reactive ketones (excluding diaryl/α,β-unsaturated/α-hetero) is 1. The number of carbonyl (C=O) groups is 1. The van der Waals surface area contributed by atoms with Crippen LogP contribution >= 0.6 is 0 Å². The molecular formula is C23H28N4O. The van der Waals surface area contributed by atoms with Gasteiger partial charge in [0.15, 0.2) is 0 Å². The minimum atomic E-state index is -0.169. The van der Waals surface area contributed by atoms with E-state index in [9.17, 15) is 4.79 Å². The second kappa shape index (κ2) is 8.15. The molecule has 5 heteroatoms. The molecule has 0 atom stereocenters. The van der Waals surface area contributed by atoms with E-state index in [2.05, 4.69) is 58.4 Å². The van der Waals surface area contributed by atoms with E-state index < -0.39 is 0 Å². The van der Waals surface area contributed by atoms with E-state index >= 15 is 0 Å². The lowest BCUT2D eigenvalue weighted by Gasteiger charge is -2.45. The van der Waals surface area contributed by atoms with Crippen LogP contribution in [-0.4, -0.2) is 29.7 Å². The summed E-state index contributed by atoms with van der Waals surface area (Å²) in [4.78, 5) is 16.3. The number of amidine groups is 1. The summed E-state index contributed by atoms with van der Waals surface area (Å²) >= 11 is 0. The van der Waals surface area contributed by atoms with E-state index in [4.69, 9.17) is 4.99 Å². The van der Waals surface area contributed by atoms with Gasteiger partial charge in [-0.1, -0.05) is 42.5 Å². The van der Waals surface area contributed by atoms with Crippen molar-refractivity contribution in [3.63, 3.8) is 0 Å². The molecule has 0 saturated heterocycles. The average molecular weight is 377 g/mol. The maximum atomic E-state index is 11.3. The first kappa shape index (κ1) is 18.7. The van der Waals surface area contributed by atoms with E-state index in [0.717, 1.165) is 42.9 Å². The first-order valence-electron chi connectivity index (χ1n) is 10.1. The SMILES string of the molecule is CC(=O)CNC1CCC2(CC1)Nc1ccccc1NC2=NCc1ccccc1. The van der Waals surface area contributed by atoms with Crippen molar-refractivity contribution in [1.29, 1.82) is 0 Å². The summed E-state index contributed by atoms with van der Waals surface area (Å²) in [5.74, 6) is 1.22. The van der Waals surface area contributed by atoms with E-state index in [-0.39, 0.29) is 11.3 Å². The lowest BCUT2D eigenvalue weighted by Crippen LogP contribution is -2.56. The van der Waals surface area contributed by atoms with Gasteiger partial charge in [0.05, 0.1) is 30.0 Å². The van der Waals surface area contributed by atoms with Crippen molar-refractivity contribution in [2.75, 3.05) is 17.2 Å². The maximum Gasteiger partial charge on any atom is 0.143 e. The predicted octanol–water partition coefficient (Wildman–Crippen LogP) is 3.98. The second-order valence-electron chi connectivity index (χ2n) is 7.89. The number of aliphatic imine (C=N–C) groups is 1. The molecular weight excluding hydrogens is 348 g/mol. The van der Waals surface area contributed by atoms with Gasteiger partial charge in [-0.25, -0.2) is 0 Å². The van der Waals surface area contributed by atoms with Crippen LogP contribution in [0.5, 0.6) is 0 Å². The first-order chi connectivity index (χ1) is 13.6. The molecule has 2 aliphatic rings. The summed E-state index contributed by atoms with van der Waals surface area (Å²) in [6.45, 7) is 2.76. The van der Waals surface area contributed by atoms with Crippen LogP contribution in [0.3, 0.4) is 0 Å². The molecule has 1 aliphatic carbocycles. The number of carbonyl (C=O) groups excluding carboxylic acids is 1. The monoisotopic (exact) mass is 376 g/mol. The standard InChI is InChI=1S/C23H28N4O/c1-17(28)15-24-19-11-13-23(14-12-19)22(25-16-18-7-3-2-4-8-18)26-20-9-5-6-10-21(20)27-23/h2-10,19,24,27H,11-16H2,1H3,(H,25,26). The number of ketones is 1. The Bertz CT molecular complexity index is 854. The number of nitrogens with zero attached hydrogens (tertiary/aromatic N) is 1. The van der Waals surface area contributed by atoms with Crippen LogP contribution in [0.4, 0.5) is 11.4 Å². The van der Waals surface area contributed by atoms with Gasteiger partial charge in [0.2, 0.25) is 0 Å². The summed E-state index contributed by atoms with van der Waals surface area (Å²) in [5.41, 5.74) is 3.26. The smallest absolute Gasteiger partial charge is 0.143 e. The zero-order valence-corrected chi connectivity index (χ0v) is 16.4. The Hall–Kier alpha value is -2.66. The molecule has 1 saturated carbocycles. The van der Waals surface area contributed by atoms with Crippen molar-refractivity contribution in [3.05, 3.63) is 60.2 Å². The molecule has 4 rings (SSSR count). The number of nitrogens with one attached hydrogen (secondary N) is 3. The molecule has 1 fully saturated rings. The highest BCUT2D eigenvalue weighted by molar-refractivity contribution is 6.09. The number of fused-ring (bicyclic) bond motifs is 1. The van der Waals surface area contributed by atoms with Gasteiger partial charge >= 0.3 is 0 Å². The fourth-order valence-electron chi connectivity index (χ4n) is 4.17. The molecule has 0 radical (unpaired) electrons. The Morgan fingerprint density at radius 3 is 2.46 bits per heavy atom. The van der Waals surface area contributed by atoms with E-state index in [1.54, 1.807) is 6.92 Å². The van der Waals surface area contributed by atoms with E-state index in [0.29, 0.717) is 19.1 Å². The summed E-state index contributed by atoms with van der Waals surface area (Å²) < 4.78 is 0. The Morgan fingerprint density at radius 2 is 1.75 bits per heavy atom. The Balaban J connectivity index is 1.55. The van der Waals surface area contributed by atoms with Gasteiger partial charge in [0, 0.05) is 6.04 Å². The normalized spacial score (nSPS) is 25.0. The Labute approximate surface area is 166 Å². The van der Waals surface area contributed by atoms with Gasteiger partial charge in [-0.2, -0.15) is 0 Å². The maximum absolute atomic E-state index is 11.3. The van der Waals surface area contributed by atoms with Gasteiger partial charge in [-0.05, 0) is 50.3 Å². The van der Waals surface area contributed by atoms with Gasteiger partial charge in [0.1, 0.15) is 11.6 Å². The highest BCUT2D eigenvalue weighted by Gasteiger charge is 2.42. The van der Waals surface area contributed by atoms with Crippen LogP contribution in [-0.2, 0) is 11.3 Å². The number of hydrogen-bond acceptors (Lipinski definition) is 4. The summed E-state index contributed by atoms with van der Waals surface area (Å²) in [6.07, 6.45) is 4.01. The molecule has 0 bridgehead atoms. The lowest BCUT2D eigenvalue weighted by molar-refractivity contribution is -0.116. The molecule has 2 aromatic carbocycles. The number of benzene rings is 2. The molecule has 146 valence electrons. The third-order valence-corrected chi connectivity index (χ3v) is 5.75.